The number of sulfone groups is 1. The van der Waals surface area contributed by atoms with Crippen LogP contribution in [-0.2, 0) is 14.6 Å². The summed E-state index contributed by atoms with van der Waals surface area (Å²) in [7, 11) is -3.03. The second-order valence-electron chi connectivity index (χ2n) is 3.80. The molecular formula is C8H14ClNO3S2. The van der Waals surface area contributed by atoms with Crippen LogP contribution in [0.25, 0.3) is 0 Å². The van der Waals surface area contributed by atoms with Crippen LogP contribution in [0.2, 0.25) is 0 Å². The molecule has 88 valence electrons. The molecule has 4 nitrogen and oxygen atoms in total. The molecule has 0 bridgehead atoms. The molecule has 0 unspecified atom stereocenters. The first-order valence-corrected chi connectivity index (χ1v) is 7.28. The molecule has 0 aromatic rings. The summed E-state index contributed by atoms with van der Waals surface area (Å²) in [5.41, 5.74) is 0. The zero-order valence-electron chi connectivity index (χ0n) is 8.57. The van der Waals surface area contributed by atoms with Crippen LogP contribution < -0.4 is 5.32 Å². The summed E-state index contributed by atoms with van der Waals surface area (Å²) >= 11 is 10.8. The Morgan fingerprint density at radius 3 is 2.53 bits per heavy atom. The van der Waals surface area contributed by atoms with Crippen molar-refractivity contribution in [3.05, 3.63) is 0 Å². The molecular weight excluding hydrogens is 258 g/mol. The molecule has 1 aliphatic rings. The van der Waals surface area contributed by atoms with Crippen molar-refractivity contribution in [2.45, 2.75) is 31.4 Å². The maximum atomic E-state index is 11.2. The normalized spacial score (nSPS) is 29.1. The summed E-state index contributed by atoms with van der Waals surface area (Å²) in [6.45, 7) is 3.69. The van der Waals surface area contributed by atoms with Crippen LogP contribution in [-0.4, -0.2) is 42.6 Å². The van der Waals surface area contributed by atoms with Crippen LogP contribution in [0, 0.1) is 0 Å². The van der Waals surface area contributed by atoms with E-state index in [1.165, 1.54) is 0 Å². The van der Waals surface area contributed by atoms with Crippen LogP contribution >= 0.6 is 23.8 Å². The van der Waals surface area contributed by atoms with Gasteiger partial charge in [-0.05, 0) is 26.1 Å². The predicted octanol–water partition coefficient (Wildman–Crippen LogP) is 0.690. The molecule has 1 heterocycles. The molecule has 0 radical (unpaired) electrons. The molecule has 0 saturated carbocycles. The van der Waals surface area contributed by atoms with E-state index in [9.17, 15) is 8.42 Å². The molecule has 0 aromatic carbocycles. The Kier molecular flexibility index (Phi) is 4.20. The molecule has 7 heteroatoms. The van der Waals surface area contributed by atoms with Gasteiger partial charge in [0.05, 0.1) is 29.0 Å². The number of hydrogen-bond donors (Lipinski definition) is 1. The number of halogens is 1. The highest BCUT2D eigenvalue weighted by atomic mass is 35.5. The smallest absolute Gasteiger partial charge is 0.257 e. The zero-order valence-corrected chi connectivity index (χ0v) is 11.0. The summed E-state index contributed by atoms with van der Waals surface area (Å²) in [6.07, 6.45) is -0.0308. The van der Waals surface area contributed by atoms with E-state index in [0.29, 0.717) is 0 Å². The lowest BCUT2D eigenvalue weighted by Crippen LogP contribution is -2.41. The Bertz CT molecular complexity index is 342. The quantitative estimate of drug-likeness (QED) is 0.592. The van der Waals surface area contributed by atoms with Crippen LogP contribution in [0.3, 0.4) is 0 Å². The van der Waals surface area contributed by atoms with Gasteiger partial charge in [-0.15, -0.1) is 11.6 Å². The first kappa shape index (κ1) is 13.0. The zero-order chi connectivity index (χ0) is 11.6. The topological polar surface area (TPSA) is 55.4 Å². The number of thiocarbonyl (C=S) groups is 1. The lowest BCUT2D eigenvalue weighted by molar-refractivity contribution is 0.222. The summed E-state index contributed by atoms with van der Waals surface area (Å²) in [5, 5.41) is 2.58. The summed E-state index contributed by atoms with van der Waals surface area (Å²) in [4.78, 5) is 0. The Balaban J connectivity index is 2.50. The molecule has 15 heavy (non-hydrogen) atoms. The van der Waals surface area contributed by atoms with Gasteiger partial charge < -0.3 is 10.1 Å². The van der Waals surface area contributed by atoms with Gasteiger partial charge in [-0.3, -0.25) is 0 Å². The van der Waals surface area contributed by atoms with Gasteiger partial charge >= 0.3 is 0 Å². The number of rotatable bonds is 2. The van der Waals surface area contributed by atoms with E-state index in [0.717, 1.165) is 0 Å². The Morgan fingerprint density at radius 2 is 2.13 bits per heavy atom. The monoisotopic (exact) mass is 271 g/mol. The van der Waals surface area contributed by atoms with E-state index in [1.807, 2.05) is 13.8 Å². The van der Waals surface area contributed by atoms with E-state index < -0.39 is 15.2 Å². The van der Waals surface area contributed by atoms with Crippen molar-refractivity contribution < 1.29 is 13.2 Å². The van der Waals surface area contributed by atoms with E-state index in [-0.39, 0.29) is 28.8 Å². The highest BCUT2D eigenvalue weighted by Crippen LogP contribution is 2.18. The van der Waals surface area contributed by atoms with Crippen LogP contribution in [0.5, 0.6) is 0 Å². The van der Waals surface area contributed by atoms with E-state index >= 15 is 0 Å². The highest BCUT2D eigenvalue weighted by Gasteiger charge is 2.37. The van der Waals surface area contributed by atoms with Crippen LogP contribution in [0.15, 0.2) is 0 Å². The number of ether oxygens (including phenoxy) is 1. The molecule has 0 amide bonds. The number of hydrogen-bond acceptors (Lipinski definition) is 4. The van der Waals surface area contributed by atoms with Crippen LogP contribution in [0.1, 0.15) is 13.8 Å². The molecule has 1 N–H and O–H groups in total. The molecule has 1 rings (SSSR count). The SMILES string of the molecule is CC(C)OC(=S)N[C@@H]1CS(=O)(=O)C[C@@H]1Cl. The van der Waals surface area contributed by atoms with Gasteiger partial charge in [-0.2, -0.15) is 0 Å². The van der Waals surface area contributed by atoms with E-state index in [1.54, 1.807) is 0 Å². The second kappa shape index (κ2) is 4.84. The van der Waals surface area contributed by atoms with Crippen molar-refractivity contribution in [2.75, 3.05) is 11.5 Å². The maximum absolute atomic E-state index is 11.2. The fourth-order valence-electron chi connectivity index (χ4n) is 1.34. The van der Waals surface area contributed by atoms with Crippen LogP contribution in [0.4, 0.5) is 0 Å². The van der Waals surface area contributed by atoms with E-state index in [2.05, 4.69) is 5.32 Å². The first-order chi connectivity index (χ1) is 6.80. The first-order valence-electron chi connectivity index (χ1n) is 4.62. The molecule has 0 spiro atoms. The summed E-state index contributed by atoms with van der Waals surface area (Å²) in [5.74, 6) is 0.0132. The lowest BCUT2D eigenvalue weighted by atomic mass is 10.3. The number of alkyl halides is 1. The Hall–Kier alpha value is -0.0700. The Labute approximate surface area is 100 Å². The molecule has 2 atom stereocenters. The average molecular weight is 272 g/mol. The summed E-state index contributed by atoms with van der Waals surface area (Å²) < 4.78 is 27.7. The van der Waals surface area contributed by atoms with Crippen molar-refractivity contribution in [2.24, 2.45) is 0 Å². The Morgan fingerprint density at radius 1 is 1.53 bits per heavy atom. The van der Waals surface area contributed by atoms with Crippen molar-refractivity contribution in [3.8, 4) is 0 Å². The predicted molar refractivity (Wildman–Crippen MR) is 64.0 cm³/mol. The molecule has 1 fully saturated rings. The third-order valence-corrected chi connectivity index (χ3v) is 4.52. The lowest BCUT2D eigenvalue weighted by Gasteiger charge is -2.18. The maximum Gasteiger partial charge on any atom is 0.257 e. The van der Waals surface area contributed by atoms with Gasteiger partial charge in [0.25, 0.3) is 5.17 Å². The fraction of sp³-hybridized carbons (Fsp3) is 0.875. The minimum Gasteiger partial charge on any atom is -0.468 e. The number of nitrogens with one attached hydrogen (secondary N) is 1. The molecule has 0 aliphatic carbocycles. The van der Waals surface area contributed by atoms with Crippen molar-refractivity contribution >= 4 is 38.8 Å². The molecule has 1 saturated heterocycles. The van der Waals surface area contributed by atoms with Gasteiger partial charge in [-0.25, -0.2) is 8.42 Å². The molecule has 1 aliphatic heterocycles. The van der Waals surface area contributed by atoms with Gasteiger partial charge in [0.15, 0.2) is 9.84 Å². The van der Waals surface area contributed by atoms with E-state index in [4.69, 9.17) is 28.6 Å². The third-order valence-electron chi connectivity index (χ3n) is 1.93. The summed E-state index contributed by atoms with van der Waals surface area (Å²) in [6, 6.07) is -0.345. The van der Waals surface area contributed by atoms with Crippen molar-refractivity contribution in [3.63, 3.8) is 0 Å². The minimum absolute atomic E-state index is 0.00346. The fourth-order valence-corrected chi connectivity index (χ4v) is 4.23. The van der Waals surface area contributed by atoms with Crippen molar-refractivity contribution in [1.82, 2.24) is 5.32 Å². The van der Waals surface area contributed by atoms with Crippen molar-refractivity contribution in [1.29, 1.82) is 0 Å². The minimum atomic E-state index is -3.03. The highest BCUT2D eigenvalue weighted by molar-refractivity contribution is 7.91. The van der Waals surface area contributed by atoms with Gasteiger partial charge in [-0.1, -0.05) is 0 Å². The second-order valence-corrected chi connectivity index (χ2v) is 6.88. The van der Waals surface area contributed by atoms with Gasteiger partial charge in [0.2, 0.25) is 0 Å². The largest absolute Gasteiger partial charge is 0.468 e. The molecule has 0 aromatic heterocycles. The average Bonchev–Trinajstić information content (AvgIpc) is 2.22. The van der Waals surface area contributed by atoms with Gasteiger partial charge in [0.1, 0.15) is 0 Å². The standard InChI is InChI=1S/C8H14ClNO3S2/c1-5(2)13-8(14)10-7-4-15(11,12)3-6(7)9/h5-7H,3-4H2,1-2H3,(H,10,14)/t6-,7+/m0/s1. The third kappa shape index (κ3) is 4.12. The van der Waals surface area contributed by atoms with Gasteiger partial charge in [0, 0.05) is 0 Å².